The van der Waals surface area contributed by atoms with Gasteiger partial charge in [-0.3, -0.25) is 4.79 Å². The van der Waals surface area contributed by atoms with Crippen LogP contribution in [0.15, 0.2) is 54.6 Å². The van der Waals surface area contributed by atoms with Gasteiger partial charge in [-0.25, -0.2) is 0 Å². The van der Waals surface area contributed by atoms with E-state index in [-0.39, 0.29) is 5.91 Å². The maximum atomic E-state index is 11.2. The van der Waals surface area contributed by atoms with E-state index in [0.717, 1.165) is 16.3 Å². The number of hydrogen-bond donors (Lipinski definition) is 1. The molecule has 0 aliphatic rings. The van der Waals surface area contributed by atoms with E-state index in [1.54, 1.807) is 7.05 Å². The van der Waals surface area contributed by atoms with Crippen LogP contribution in [-0.2, 0) is 4.79 Å². The van der Waals surface area contributed by atoms with Crippen LogP contribution < -0.4 is 5.32 Å². The summed E-state index contributed by atoms with van der Waals surface area (Å²) < 4.78 is 0. The molecule has 0 aromatic heterocycles. The molecule has 0 unspecified atom stereocenters. The van der Waals surface area contributed by atoms with Gasteiger partial charge in [-0.2, -0.15) is 0 Å². The van der Waals surface area contributed by atoms with Gasteiger partial charge in [-0.15, -0.1) is 0 Å². The van der Waals surface area contributed by atoms with Crippen LogP contribution in [0.4, 0.5) is 0 Å². The van der Waals surface area contributed by atoms with E-state index in [9.17, 15) is 4.79 Å². The summed E-state index contributed by atoms with van der Waals surface area (Å²) in [5.74, 6) is 5.25. The average Bonchev–Trinajstić information content (AvgIpc) is 2.52. The molecule has 1 amide bonds. The number of benzene rings is 3. The second kappa shape index (κ2) is 5.07. The van der Waals surface area contributed by atoms with Crippen molar-refractivity contribution < 1.29 is 4.79 Å². The lowest BCUT2D eigenvalue weighted by Crippen LogP contribution is -2.14. The number of rotatable bonds is 0. The molecule has 3 rings (SSSR count). The van der Waals surface area contributed by atoms with Gasteiger partial charge in [0.1, 0.15) is 0 Å². The minimum atomic E-state index is -0.275. The average molecular weight is 259 g/mol. The van der Waals surface area contributed by atoms with Gasteiger partial charge >= 0.3 is 0 Å². The predicted molar refractivity (Wildman–Crippen MR) is 82.4 cm³/mol. The van der Waals surface area contributed by atoms with Crippen molar-refractivity contribution in [3.05, 3.63) is 60.2 Å². The molecular formula is C18H13NO. The highest BCUT2D eigenvalue weighted by atomic mass is 16.1. The summed E-state index contributed by atoms with van der Waals surface area (Å²) in [4.78, 5) is 11.2. The molecule has 2 heteroatoms. The topological polar surface area (TPSA) is 29.1 Å². The SMILES string of the molecule is CNC(=O)C#Cc1cccc2c1ccc1ccccc12. The van der Waals surface area contributed by atoms with Gasteiger partial charge in [-0.1, -0.05) is 54.5 Å². The summed E-state index contributed by atoms with van der Waals surface area (Å²) in [6.07, 6.45) is 0. The Kier molecular flexibility index (Phi) is 3.10. The molecule has 0 bridgehead atoms. The molecule has 2 nitrogen and oxygen atoms in total. The van der Waals surface area contributed by atoms with Crippen LogP contribution in [0.25, 0.3) is 21.5 Å². The summed E-state index contributed by atoms with van der Waals surface area (Å²) in [5.41, 5.74) is 0.872. The number of nitrogens with one attached hydrogen (secondary N) is 1. The third-order valence-electron chi connectivity index (χ3n) is 3.32. The highest BCUT2D eigenvalue weighted by Crippen LogP contribution is 2.27. The zero-order chi connectivity index (χ0) is 13.9. The molecule has 0 saturated heterocycles. The zero-order valence-electron chi connectivity index (χ0n) is 11.1. The van der Waals surface area contributed by atoms with Gasteiger partial charge in [0.25, 0.3) is 5.91 Å². The Balaban J connectivity index is 2.27. The maximum Gasteiger partial charge on any atom is 0.295 e. The van der Waals surface area contributed by atoms with Crippen molar-refractivity contribution in [3.8, 4) is 11.8 Å². The lowest BCUT2D eigenvalue weighted by atomic mass is 9.99. The maximum absolute atomic E-state index is 11.2. The van der Waals surface area contributed by atoms with Crippen LogP contribution in [0.2, 0.25) is 0 Å². The molecule has 0 saturated carbocycles. The van der Waals surface area contributed by atoms with E-state index in [0.29, 0.717) is 0 Å². The third kappa shape index (κ3) is 2.10. The van der Waals surface area contributed by atoms with Crippen LogP contribution >= 0.6 is 0 Å². The first kappa shape index (κ1) is 12.3. The van der Waals surface area contributed by atoms with Crippen molar-refractivity contribution in [2.75, 3.05) is 7.05 Å². The molecule has 3 aromatic carbocycles. The van der Waals surface area contributed by atoms with Gasteiger partial charge < -0.3 is 5.32 Å². The minimum Gasteiger partial charge on any atom is -0.348 e. The molecule has 0 fully saturated rings. The quantitative estimate of drug-likeness (QED) is 0.488. The number of hydrogen-bond acceptors (Lipinski definition) is 1. The molecule has 20 heavy (non-hydrogen) atoms. The molecule has 0 aliphatic heterocycles. The summed E-state index contributed by atoms with van der Waals surface area (Å²) in [6, 6.07) is 18.4. The molecule has 0 aliphatic carbocycles. The van der Waals surface area contributed by atoms with E-state index in [2.05, 4.69) is 47.5 Å². The molecule has 0 atom stereocenters. The van der Waals surface area contributed by atoms with Gasteiger partial charge in [0, 0.05) is 18.5 Å². The predicted octanol–water partition coefficient (Wildman–Crippen LogP) is 3.09. The first-order valence-corrected chi connectivity index (χ1v) is 6.44. The van der Waals surface area contributed by atoms with Gasteiger partial charge in [-0.05, 0) is 27.6 Å². The Morgan fingerprint density at radius 3 is 2.55 bits per heavy atom. The Morgan fingerprint density at radius 2 is 1.70 bits per heavy atom. The first-order chi connectivity index (χ1) is 9.79. The zero-order valence-corrected chi connectivity index (χ0v) is 11.1. The fourth-order valence-electron chi connectivity index (χ4n) is 2.34. The summed E-state index contributed by atoms with van der Waals surface area (Å²) in [6.45, 7) is 0. The van der Waals surface area contributed by atoms with Crippen LogP contribution in [0, 0.1) is 11.8 Å². The van der Waals surface area contributed by atoms with E-state index in [1.807, 2.05) is 24.3 Å². The van der Waals surface area contributed by atoms with Crippen molar-refractivity contribution >= 4 is 27.5 Å². The van der Waals surface area contributed by atoms with Crippen molar-refractivity contribution in [1.82, 2.24) is 5.32 Å². The lowest BCUT2D eigenvalue weighted by Gasteiger charge is -2.05. The third-order valence-corrected chi connectivity index (χ3v) is 3.32. The molecule has 96 valence electrons. The fraction of sp³-hybridized carbons (Fsp3) is 0.0556. The van der Waals surface area contributed by atoms with E-state index in [1.165, 1.54) is 10.8 Å². The number of carbonyl (C=O) groups is 1. The van der Waals surface area contributed by atoms with Crippen molar-refractivity contribution in [3.63, 3.8) is 0 Å². The summed E-state index contributed by atoms with van der Waals surface area (Å²) in [7, 11) is 1.58. The standard InChI is InChI=1S/C18H13NO/c1-19-18(20)12-10-14-6-4-8-17-15-7-3-2-5-13(15)9-11-16(14)17/h2-9,11H,1H3,(H,19,20). The lowest BCUT2D eigenvalue weighted by molar-refractivity contribution is -0.115. The van der Waals surface area contributed by atoms with Crippen LogP contribution in [0.5, 0.6) is 0 Å². The Hall–Kier alpha value is -2.79. The van der Waals surface area contributed by atoms with Gasteiger partial charge in [0.15, 0.2) is 0 Å². The molecule has 1 N–H and O–H groups in total. The van der Waals surface area contributed by atoms with E-state index >= 15 is 0 Å². The monoisotopic (exact) mass is 259 g/mol. The molecular weight excluding hydrogens is 246 g/mol. The minimum absolute atomic E-state index is 0.275. The Labute approximate surface area is 117 Å². The van der Waals surface area contributed by atoms with Crippen LogP contribution in [-0.4, -0.2) is 13.0 Å². The fourth-order valence-corrected chi connectivity index (χ4v) is 2.34. The summed E-state index contributed by atoms with van der Waals surface area (Å²) >= 11 is 0. The molecule has 3 aromatic rings. The van der Waals surface area contributed by atoms with Gasteiger partial charge in [0.2, 0.25) is 0 Å². The highest BCUT2D eigenvalue weighted by molar-refractivity contribution is 6.09. The normalized spacial score (nSPS) is 10.1. The van der Waals surface area contributed by atoms with Crippen molar-refractivity contribution in [1.29, 1.82) is 0 Å². The smallest absolute Gasteiger partial charge is 0.295 e. The summed E-state index contributed by atoms with van der Waals surface area (Å²) in [5, 5.41) is 7.14. The Bertz CT molecular complexity index is 869. The van der Waals surface area contributed by atoms with Gasteiger partial charge in [0.05, 0.1) is 0 Å². The highest BCUT2D eigenvalue weighted by Gasteiger charge is 2.02. The van der Waals surface area contributed by atoms with Crippen LogP contribution in [0.3, 0.4) is 0 Å². The van der Waals surface area contributed by atoms with Crippen molar-refractivity contribution in [2.45, 2.75) is 0 Å². The molecule has 0 spiro atoms. The molecule has 0 heterocycles. The largest absolute Gasteiger partial charge is 0.348 e. The first-order valence-electron chi connectivity index (χ1n) is 6.44. The second-order valence-corrected chi connectivity index (χ2v) is 4.52. The van der Waals surface area contributed by atoms with Crippen LogP contribution in [0.1, 0.15) is 5.56 Å². The van der Waals surface area contributed by atoms with E-state index < -0.39 is 0 Å². The number of amides is 1. The molecule has 0 radical (unpaired) electrons. The number of carbonyl (C=O) groups excluding carboxylic acids is 1. The Morgan fingerprint density at radius 1 is 0.900 bits per heavy atom. The second-order valence-electron chi connectivity index (χ2n) is 4.52. The van der Waals surface area contributed by atoms with E-state index in [4.69, 9.17) is 0 Å². The number of fused-ring (bicyclic) bond motifs is 3. The van der Waals surface area contributed by atoms with Crippen molar-refractivity contribution in [2.24, 2.45) is 0 Å².